The number of aliphatic hydroxyl groups excluding tert-OH is 1. The minimum atomic E-state index is -0.996. The van der Waals surface area contributed by atoms with E-state index >= 15 is 0 Å². The molecule has 0 aliphatic carbocycles. The fraction of sp³-hybridized carbons (Fsp3) is 0.320. The number of rotatable bonds is 19. The summed E-state index contributed by atoms with van der Waals surface area (Å²) in [4.78, 5) is 63.7. The number of nitrogens with zero attached hydrogens (tertiary/aromatic N) is 7. The van der Waals surface area contributed by atoms with Gasteiger partial charge in [-0.2, -0.15) is 0 Å². The monoisotopic (exact) mass is 954 g/mol. The number of aromatic nitrogens is 6. The second kappa shape index (κ2) is 21.3. The van der Waals surface area contributed by atoms with Crippen LogP contribution in [0.25, 0.3) is 38.6 Å². The number of carbonyl (C=O) groups is 4. The molecule has 1 saturated heterocycles. The zero-order chi connectivity index (χ0) is 48.7. The third kappa shape index (κ3) is 11.7. The Bertz CT molecular complexity index is 2910. The Morgan fingerprint density at radius 1 is 0.913 bits per heavy atom. The molecule has 3 atom stereocenters. The number of fused-ring (bicyclic) bond motifs is 1. The van der Waals surface area contributed by atoms with Gasteiger partial charge >= 0.3 is 5.97 Å². The first-order chi connectivity index (χ1) is 33.2. The van der Waals surface area contributed by atoms with Gasteiger partial charge in [0.15, 0.2) is 0 Å². The number of imidazole rings is 1. The molecular weight excluding hydrogens is 901 g/mol. The van der Waals surface area contributed by atoms with Crippen molar-refractivity contribution in [3.05, 3.63) is 126 Å². The third-order valence-electron chi connectivity index (χ3n) is 11.7. The SMILES string of the molecule is Cc1ncsc1-c1ccc(CNC(=O)[C@@H]2C[C@@H](O)CN2C(=O)[C@@H](NC(=O)COCCOCCn2cc(-c3ccn4c(Nc5ccc(C(=O)O)cc5)c(-c5ccccc5)nc4c3)nn2)C(C)(C)C)cc1. The molecule has 3 amide bonds. The molecule has 18 nitrogen and oxygen atoms in total. The van der Waals surface area contributed by atoms with E-state index in [9.17, 15) is 29.4 Å². The number of nitrogens with one attached hydrogen (secondary N) is 3. The van der Waals surface area contributed by atoms with Crippen LogP contribution in [0.5, 0.6) is 0 Å². The highest BCUT2D eigenvalue weighted by Crippen LogP contribution is 2.33. The molecule has 1 fully saturated rings. The van der Waals surface area contributed by atoms with Crippen LogP contribution in [0.4, 0.5) is 11.5 Å². The number of thiazole rings is 1. The molecule has 0 unspecified atom stereocenters. The van der Waals surface area contributed by atoms with Crippen LogP contribution >= 0.6 is 11.3 Å². The van der Waals surface area contributed by atoms with Crippen molar-refractivity contribution in [2.24, 2.45) is 5.41 Å². The summed E-state index contributed by atoms with van der Waals surface area (Å²) in [5.41, 5.74) is 8.61. The summed E-state index contributed by atoms with van der Waals surface area (Å²) in [5.74, 6) is -1.62. The van der Waals surface area contributed by atoms with E-state index in [0.29, 0.717) is 36.0 Å². The summed E-state index contributed by atoms with van der Waals surface area (Å²) in [5, 5.41) is 37.7. The Morgan fingerprint density at radius 2 is 1.67 bits per heavy atom. The Kier molecular flexibility index (Phi) is 14.9. The van der Waals surface area contributed by atoms with Crippen LogP contribution in [-0.4, -0.2) is 119 Å². The van der Waals surface area contributed by atoms with E-state index in [4.69, 9.17) is 14.5 Å². The van der Waals surface area contributed by atoms with Gasteiger partial charge in [-0.25, -0.2) is 19.4 Å². The van der Waals surface area contributed by atoms with Crippen LogP contribution in [-0.2, 0) is 36.9 Å². The highest BCUT2D eigenvalue weighted by molar-refractivity contribution is 7.13. The minimum absolute atomic E-state index is 0.0290. The number of hydrogen-bond donors (Lipinski definition) is 5. The lowest BCUT2D eigenvalue weighted by atomic mass is 9.85. The van der Waals surface area contributed by atoms with Gasteiger partial charge in [0, 0.05) is 42.5 Å². The predicted molar refractivity (Wildman–Crippen MR) is 260 cm³/mol. The fourth-order valence-electron chi connectivity index (χ4n) is 8.02. The van der Waals surface area contributed by atoms with Crippen molar-refractivity contribution >= 4 is 52.2 Å². The summed E-state index contributed by atoms with van der Waals surface area (Å²) in [6, 6.07) is 26.1. The van der Waals surface area contributed by atoms with Gasteiger partial charge in [0.1, 0.15) is 41.5 Å². The van der Waals surface area contributed by atoms with Gasteiger partial charge in [-0.05, 0) is 59.9 Å². The van der Waals surface area contributed by atoms with E-state index in [0.717, 1.165) is 38.5 Å². The lowest BCUT2D eigenvalue weighted by Crippen LogP contribution is -2.58. The standard InChI is InChI=1S/C50H54N10O8S/c1-31-44(69-30-52-31)34-12-10-32(11-13-34)26-51-47(63)40-25-38(61)27-60(40)48(64)45(50(2,3)4)55-42(62)29-68-23-22-67-21-20-58-28-39(56-57-58)36-18-19-59-41(24-36)54-43(33-8-6-5-7-9-33)46(59)53-37-16-14-35(15-17-37)49(65)66/h5-19,24,28,30,38,40,45,53,61H,20-23,25-27,29H2,1-4H3,(H,51,63)(H,55,62)(H,65,66)/t38-,40+,45-/m1/s1. The molecule has 1 aliphatic heterocycles. The van der Waals surface area contributed by atoms with Crippen LogP contribution in [0.2, 0.25) is 0 Å². The number of ether oxygens (including phenoxy) is 2. The zero-order valence-corrected chi connectivity index (χ0v) is 39.5. The summed E-state index contributed by atoms with van der Waals surface area (Å²) in [7, 11) is 0. The van der Waals surface area contributed by atoms with Crippen molar-refractivity contribution in [1.82, 2.24) is 44.9 Å². The molecule has 19 heteroatoms. The topological polar surface area (TPSA) is 227 Å². The fourth-order valence-corrected chi connectivity index (χ4v) is 8.83. The average Bonchev–Trinajstić information content (AvgIpc) is 4.16. The molecule has 5 heterocycles. The zero-order valence-electron chi connectivity index (χ0n) is 38.7. The summed E-state index contributed by atoms with van der Waals surface area (Å²) < 4.78 is 14.9. The Balaban J connectivity index is 0.791. The Hall–Kier alpha value is -7.32. The lowest BCUT2D eigenvalue weighted by molar-refractivity contribution is -0.144. The smallest absolute Gasteiger partial charge is 0.335 e. The molecule has 0 spiro atoms. The van der Waals surface area contributed by atoms with Gasteiger partial charge in [-0.15, -0.1) is 16.4 Å². The number of benzene rings is 3. The van der Waals surface area contributed by atoms with Crippen molar-refractivity contribution in [3.63, 3.8) is 0 Å². The highest BCUT2D eigenvalue weighted by atomic mass is 32.1. The van der Waals surface area contributed by atoms with Crippen LogP contribution in [0.15, 0.2) is 109 Å². The second-order valence-corrected chi connectivity index (χ2v) is 18.7. The number of aryl methyl sites for hydroxylation is 1. The molecule has 7 aromatic rings. The van der Waals surface area contributed by atoms with Gasteiger partial charge in [0.25, 0.3) is 0 Å². The first kappa shape index (κ1) is 48.1. The maximum absolute atomic E-state index is 14.0. The largest absolute Gasteiger partial charge is 0.478 e. The van der Waals surface area contributed by atoms with Crippen LogP contribution in [0.3, 0.4) is 0 Å². The summed E-state index contributed by atoms with van der Waals surface area (Å²) >= 11 is 1.57. The minimum Gasteiger partial charge on any atom is -0.478 e. The van der Waals surface area contributed by atoms with Crippen molar-refractivity contribution in [2.45, 2.75) is 65.4 Å². The van der Waals surface area contributed by atoms with Crippen molar-refractivity contribution in [2.75, 3.05) is 38.3 Å². The number of amides is 3. The maximum Gasteiger partial charge on any atom is 0.335 e. The average molecular weight is 955 g/mol. The number of aromatic carboxylic acids is 1. The number of β-amino-alcohol motifs (C(OH)–C–C–N with tert-alkyl or cyclic N) is 1. The molecule has 358 valence electrons. The number of anilines is 2. The van der Waals surface area contributed by atoms with Gasteiger partial charge in [-0.1, -0.05) is 80.6 Å². The summed E-state index contributed by atoms with van der Waals surface area (Å²) in [6.45, 7) is 8.38. The Morgan fingerprint density at radius 3 is 2.38 bits per heavy atom. The molecule has 4 aromatic heterocycles. The first-order valence-corrected chi connectivity index (χ1v) is 23.4. The van der Waals surface area contributed by atoms with E-state index in [2.05, 4.69) is 31.2 Å². The number of carboxylic acid groups (broad SMARTS) is 1. The van der Waals surface area contributed by atoms with E-state index < -0.39 is 41.4 Å². The van der Waals surface area contributed by atoms with Crippen molar-refractivity contribution < 1.29 is 38.9 Å². The number of hydrogen-bond acceptors (Lipinski definition) is 13. The molecule has 0 saturated carbocycles. The van der Waals surface area contributed by atoms with Crippen LogP contribution in [0.1, 0.15) is 48.8 Å². The molecule has 3 aromatic carbocycles. The van der Waals surface area contributed by atoms with Gasteiger partial charge in [-0.3, -0.25) is 18.8 Å². The number of likely N-dealkylation sites (tertiary alicyclic amines) is 1. The predicted octanol–water partition coefficient (Wildman–Crippen LogP) is 5.98. The van der Waals surface area contributed by atoms with Gasteiger partial charge in [0.2, 0.25) is 17.7 Å². The number of pyridine rings is 1. The van der Waals surface area contributed by atoms with Crippen LogP contribution < -0.4 is 16.0 Å². The van der Waals surface area contributed by atoms with E-state index in [1.165, 1.54) is 4.90 Å². The number of carbonyl (C=O) groups excluding carboxylic acids is 3. The molecule has 8 rings (SSSR count). The van der Waals surface area contributed by atoms with Gasteiger partial charge < -0.3 is 40.5 Å². The number of aliphatic hydroxyl groups is 1. The molecule has 5 N–H and O–H groups in total. The quantitative estimate of drug-likeness (QED) is 0.0589. The maximum atomic E-state index is 14.0. The number of carboxylic acids is 1. The van der Waals surface area contributed by atoms with Crippen molar-refractivity contribution in [3.8, 4) is 33.0 Å². The van der Waals surface area contributed by atoms with E-state index in [1.54, 1.807) is 40.3 Å². The van der Waals surface area contributed by atoms with Gasteiger partial charge in [0.05, 0.1) is 60.3 Å². The third-order valence-corrected chi connectivity index (χ3v) is 12.7. The Labute approximate surface area is 402 Å². The molecule has 0 radical (unpaired) electrons. The second-order valence-electron chi connectivity index (χ2n) is 17.8. The normalized spacial score (nSPS) is 15.3. The van der Waals surface area contributed by atoms with Crippen LogP contribution in [0, 0.1) is 12.3 Å². The first-order valence-electron chi connectivity index (χ1n) is 22.5. The molecular formula is C50H54N10O8S. The van der Waals surface area contributed by atoms with E-state index in [-0.39, 0.29) is 50.8 Å². The molecule has 0 bridgehead atoms. The summed E-state index contributed by atoms with van der Waals surface area (Å²) in [6.07, 6.45) is 2.91. The molecule has 69 heavy (non-hydrogen) atoms. The highest BCUT2D eigenvalue weighted by Gasteiger charge is 2.44. The lowest BCUT2D eigenvalue weighted by Gasteiger charge is -2.35. The van der Waals surface area contributed by atoms with E-state index in [1.807, 2.05) is 117 Å². The molecule has 1 aliphatic rings. The van der Waals surface area contributed by atoms with Crippen molar-refractivity contribution in [1.29, 1.82) is 0 Å².